The van der Waals surface area contributed by atoms with E-state index in [0.717, 1.165) is 12.1 Å². The summed E-state index contributed by atoms with van der Waals surface area (Å²) in [5.41, 5.74) is 3.37. The summed E-state index contributed by atoms with van der Waals surface area (Å²) in [6.07, 6.45) is -9.74. The van der Waals surface area contributed by atoms with E-state index in [1.165, 1.54) is 0 Å². The van der Waals surface area contributed by atoms with Gasteiger partial charge in [-0.25, -0.2) is 0 Å². The van der Waals surface area contributed by atoms with E-state index in [1.807, 2.05) is 0 Å². The fraction of sp³-hybridized carbons (Fsp3) is 0.250. The van der Waals surface area contributed by atoms with Crippen LogP contribution in [0.15, 0.2) is 48.5 Å². The van der Waals surface area contributed by atoms with Crippen molar-refractivity contribution in [1.29, 1.82) is 0 Å². The molecule has 2 aromatic carbocycles. The average molecular weight is 333 g/mol. The Hall–Kier alpha value is -2.02. The summed E-state index contributed by atoms with van der Waals surface area (Å²) in [4.78, 5) is 0. The van der Waals surface area contributed by atoms with Crippen LogP contribution in [0.1, 0.15) is 28.2 Å². The Bertz CT molecular complexity index is 628. The van der Waals surface area contributed by atoms with E-state index >= 15 is 0 Å². The van der Waals surface area contributed by atoms with Gasteiger partial charge in [0.25, 0.3) is 0 Å². The Morgan fingerprint density at radius 3 is 1.61 bits per heavy atom. The van der Waals surface area contributed by atoms with Gasteiger partial charge in [-0.1, -0.05) is 30.3 Å². The molecule has 0 radical (unpaired) electrons. The molecule has 0 saturated carbocycles. The molecule has 2 aromatic rings. The Morgan fingerprint density at radius 1 is 0.739 bits per heavy atom. The molecule has 0 fully saturated rings. The molecule has 0 bridgehead atoms. The number of hydrogen-bond acceptors (Lipinski definition) is 1. The highest BCUT2D eigenvalue weighted by molar-refractivity contribution is 5.40. The van der Waals surface area contributed by atoms with Gasteiger partial charge in [0, 0.05) is 12.5 Å². The maximum Gasteiger partial charge on any atom is 0.416 e. The number of rotatable bonds is 3. The molecular weight excluding hydrogens is 320 g/mol. The van der Waals surface area contributed by atoms with Crippen LogP contribution in [0.5, 0.6) is 0 Å². The first kappa shape index (κ1) is 17.3. The van der Waals surface area contributed by atoms with Gasteiger partial charge in [-0.3, -0.25) is 0 Å². The lowest BCUT2D eigenvalue weighted by Gasteiger charge is -2.20. The van der Waals surface area contributed by atoms with Crippen molar-refractivity contribution in [3.63, 3.8) is 0 Å². The first-order valence-corrected chi connectivity index (χ1v) is 6.67. The van der Waals surface area contributed by atoms with Crippen LogP contribution in [0.3, 0.4) is 0 Å². The molecule has 124 valence electrons. The van der Waals surface area contributed by atoms with Crippen LogP contribution < -0.4 is 5.73 Å². The maximum atomic E-state index is 12.9. The second-order valence-electron chi connectivity index (χ2n) is 5.04. The van der Waals surface area contributed by atoms with Crippen LogP contribution in [0, 0.1) is 0 Å². The number of alkyl halides is 6. The van der Waals surface area contributed by atoms with E-state index in [4.69, 9.17) is 5.73 Å². The van der Waals surface area contributed by atoms with Crippen LogP contribution in [0.4, 0.5) is 26.3 Å². The summed E-state index contributed by atoms with van der Waals surface area (Å²) in [7, 11) is 0. The SMILES string of the molecule is NCC(c1ccccc1)c1cc(C(F)(F)F)cc(C(F)(F)F)c1. The Labute approximate surface area is 128 Å². The molecule has 23 heavy (non-hydrogen) atoms. The molecule has 0 aliphatic heterocycles. The molecule has 0 aliphatic carbocycles. The van der Waals surface area contributed by atoms with Crippen LogP contribution >= 0.6 is 0 Å². The lowest BCUT2D eigenvalue weighted by Crippen LogP contribution is -2.17. The summed E-state index contributed by atoms with van der Waals surface area (Å²) < 4.78 is 77.4. The van der Waals surface area contributed by atoms with E-state index in [1.54, 1.807) is 30.3 Å². The number of hydrogen-bond donors (Lipinski definition) is 1. The molecule has 0 saturated heterocycles. The largest absolute Gasteiger partial charge is 0.416 e. The van der Waals surface area contributed by atoms with E-state index in [2.05, 4.69) is 0 Å². The van der Waals surface area contributed by atoms with Gasteiger partial charge in [-0.05, 0) is 29.3 Å². The highest BCUT2D eigenvalue weighted by Crippen LogP contribution is 2.38. The summed E-state index contributed by atoms with van der Waals surface area (Å²) in [6.45, 7) is -0.109. The first-order valence-electron chi connectivity index (χ1n) is 6.67. The summed E-state index contributed by atoms with van der Waals surface area (Å²) in [5.74, 6) is -0.750. The summed E-state index contributed by atoms with van der Waals surface area (Å²) in [5, 5.41) is 0. The Morgan fingerprint density at radius 2 is 1.22 bits per heavy atom. The van der Waals surface area contributed by atoms with Crippen molar-refractivity contribution in [1.82, 2.24) is 0 Å². The van der Waals surface area contributed by atoms with E-state index in [0.29, 0.717) is 5.56 Å². The third kappa shape index (κ3) is 4.04. The zero-order valence-corrected chi connectivity index (χ0v) is 11.7. The van der Waals surface area contributed by atoms with Gasteiger partial charge in [0.15, 0.2) is 0 Å². The second-order valence-corrected chi connectivity index (χ2v) is 5.04. The van der Waals surface area contributed by atoms with Crippen LogP contribution in [-0.2, 0) is 12.4 Å². The number of halogens is 6. The topological polar surface area (TPSA) is 26.0 Å². The number of nitrogens with two attached hydrogens (primary N) is 1. The van der Waals surface area contributed by atoms with Crippen molar-refractivity contribution < 1.29 is 26.3 Å². The zero-order chi connectivity index (χ0) is 17.3. The maximum absolute atomic E-state index is 12.9. The van der Waals surface area contributed by atoms with Gasteiger partial charge in [0.2, 0.25) is 0 Å². The molecule has 0 spiro atoms. The third-order valence-electron chi connectivity index (χ3n) is 3.45. The quantitative estimate of drug-likeness (QED) is 0.801. The number of benzene rings is 2. The molecule has 1 atom stereocenters. The summed E-state index contributed by atoms with van der Waals surface area (Å²) >= 11 is 0. The first-order chi connectivity index (χ1) is 10.6. The Kier molecular flexibility index (Phi) is 4.70. The van der Waals surface area contributed by atoms with Crippen LogP contribution in [0.2, 0.25) is 0 Å². The molecule has 1 nitrogen and oxygen atoms in total. The highest BCUT2D eigenvalue weighted by atomic mass is 19.4. The molecule has 2 rings (SSSR count). The van der Waals surface area contributed by atoms with Gasteiger partial charge < -0.3 is 5.73 Å². The van der Waals surface area contributed by atoms with Gasteiger partial charge in [0.05, 0.1) is 11.1 Å². The van der Waals surface area contributed by atoms with Crippen molar-refractivity contribution >= 4 is 0 Å². The monoisotopic (exact) mass is 333 g/mol. The minimum atomic E-state index is -4.87. The lowest BCUT2D eigenvalue weighted by molar-refractivity contribution is -0.143. The standard InChI is InChI=1S/C16H13F6N/c17-15(18,19)12-6-11(7-13(8-12)16(20,21)22)14(9-23)10-4-2-1-3-5-10/h1-8,14H,9,23H2. The molecule has 0 aliphatic rings. The van der Waals surface area contributed by atoms with Crippen molar-refractivity contribution in [2.75, 3.05) is 6.54 Å². The molecule has 0 heterocycles. The van der Waals surface area contributed by atoms with Crippen molar-refractivity contribution in [2.24, 2.45) is 5.73 Å². The van der Waals surface area contributed by atoms with Gasteiger partial charge in [0.1, 0.15) is 0 Å². The predicted molar refractivity (Wildman–Crippen MR) is 73.8 cm³/mol. The Balaban J connectivity index is 2.61. The normalized spacial score (nSPS) is 13.9. The van der Waals surface area contributed by atoms with Crippen molar-refractivity contribution in [2.45, 2.75) is 18.3 Å². The molecule has 0 aromatic heterocycles. The lowest BCUT2D eigenvalue weighted by atomic mass is 9.89. The van der Waals surface area contributed by atoms with E-state index in [9.17, 15) is 26.3 Å². The predicted octanol–water partition coefficient (Wildman–Crippen LogP) is 4.81. The minimum absolute atomic E-state index is 0.109. The van der Waals surface area contributed by atoms with Crippen LogP contribution in [-0.4, -0.2) is 6.54 Å². The highest BCUT2D eigenvalue weighted by Gasteiger charge is 2.37. The molecule has 7 heteroatoms. The minimum Gasteiger partial charge on any atom is -0.330 e. The van der Waals surface area contributed by atoms with Gasteiger partial charge >= 0.3 is 12.4 Å². The van der Waals surface area contributed by atoms with E-state index in [-0.39, 0.29) is 18.2 Å². The second kappa shape index (κ2) is 6.23. The smallest absolute Gasteiger partial charge is 0.330 e. The fourth-order valence-electron chi connectivity index (χ4n) is 2.33. The third-order valence-corrected chi connectivity index (χ3v) is 3.45. The summed E-state index contributed by atoms with van der Waals surface area (Å²) in [6, 6.07) is 9.79. The molecular formula is C16H13F6N. The van der Waals surface area contributed by atoms with Crippen LogP contribution in [0.25, 0.3) is 0 Å². The van der Waals surface area contributed by atoms with Gasteiger partial charge in [-0.2, -0.15) is 26.3 Å². The molecule has 1 unspecified atom stereocenters. The molecule has 0 amide bonds. The van der Waals surface area contributed by atoms with Gasteiger partial charge in [-0.15, -0.1) is 0 Å². The fourth-order valence-corrected chi connectivity index (χ4v) is 2.33. The average Bonchev–Trinajstić information content (AvgIpc) is 2.47. The van der Waals surface area contributed by atoms with Crippen molar-refractivity contribution in [3.05, 3.63) is 70.8 Å². The van der Waals surface area contributed by atoms with Crippen molar-refractivity contribution in [3.8, 4) is 0 Å². The van der Waals surface area contributed by atoms with E-state index < -0.39 is 29.4 Å². The molecule has 2 N–H and O–H groups in total. The zero-order valence-electron chi connectivity index (χ0n) is 11.7.